The molecule has 0 bridgehead atoms. The number of rotatable bonds is 11. The molecule has 1 aliphatic carbocycles. The number of halogens is 1. The molecule has 11 aromatic rings. The number of benzene rings is 7. The number of thiophene rings is 4. The first-order valence-electron chi connectivity index (χ1n) is 28.8. The first-order valence-corrected chi connectivity index (χ1v) is 48.0. The second-order valence-corrected chi connectivity index (χ2v) is 55.4. The van der Waals surface area contributed by atoms with Crippen molar-refractivity contribution >= 4 is 151 Å². The quantitative estimate of drug-likeness (QED) is 0.0735. The molecule has 0 saturated heterocycles. The van der Waals surface area contributed by atoms with Crippen molar-refractivity contribution in [3.8, 4) is 15.5 Å². The molecule has 2 unspecified atom stereocenters. The van der Waals surface area contributed by atoms with Gasteiger partial charge in [-0.3, -0.25) is 9.59 Å². The third-order valence-corrected chi connectivity index (χ3v) is 39.3. The zero-order valence-electron chi connectivity index (χ0n) is 51.6. The second-order valence-electron chi connectivity index (χ2n) is 26.1. The Kier molecular flexibility index (Phi) is 20.8. The van der Waals surface area contributed by atoms with Gasteiger partial charge in [0.1, 0.15) is 35.0 Å². The van der Waals surface area contributed by atoms with Gasteiger partial charge < -0.3 is 22.6 Å². The van der Waals surface area contributed by atoms with Gasteiger partial charge in [-0.15, -0.1) is 45.3 Å². The van der Waals surface area contributed by atoms with Gasteiger partial charge in [-0.2, -0.15) is 0 Å². The number of fused-ring (bicyclic) bond motifs is 9. The van der Waals surface area contributed by atoms with Gasteiger partial charge in [-0.05, 0) is 95.4 Å². The summed E-state index contributed by atoms with van der Waals surface area (Å²) in [5.74, 6) is 0.669. The van der Waals surface area contributed by atoms with Crippen LogP contribution in [0.25, 0.3) is 29.9 Å². The van der Waals surface area contributed by atoms with E-state index in [-0.39, 0.29) is 60.3 Å². The fourth-order valence-electron chi connectivity index (χ4n) is 11.2. The van der Waals surface area contributed by atoms with Crippen molar-refractivity contribution in [2.24, 2.45) is 0 Å². The van der Waals surface area contributed by atoms with Crippen LogP contribution < -0.4 is 69.9 Å². The maximum atomic E-state index is 12.5. The summed E-state index contributed by atoms with van der Waals surface area (Å²) in [6, 6.07) is 74.8. The normalized spacial score (nSPS) is 14.7. The topological polar surface area (TPSA) is 73.4 Å². The summed E-state index contributed by atoms with van der Waals surface area (Å²) in [5.41, 5.74) is 6.65. The molecule has 5 heterocycles. The van der Waals surface area contributed by atoms with E-state index in [9.17, 15) is 9.59 Å². The minimum Gasteiger partial charge on any atom is -1.00 e. The summed E-state index contributed by atoms with van der Waals surface area (Å²) < 4.78 is 15.7. The first kappa shape index (κ1) is 67.1. The van der Waals surface area contributed by atoms with Crippen LogP contribution in [0.3, 0.4) is 0 Å². The van der Waals surface area contributed by atoms with Crippen LogP contribution in [0.15, 0.2) is 206 Å². The molecule has 0 radical (unpaired) electrons. The van der Waals surface area contributed by atoms with Crippen molar-refractivity contribution in [3.63, 3.8) is 0 Å². The number of Topliss-reactive ketones (excluding diaryl/α,β-unsaturated/α-hetero) is 2. The van der Waals surface area contributed by atoms with Gasteiger partial charge in [-0.1, -0.05) is 224 Å². The van der Waals surface area contributed by atoms with E-state index in [1.54, 1.807) is 31.7 Å². The molecule has 0 saturated carbocycles. The Balaban J connectivity index is 0.000000170. The molecule has 2 atom stereocenters. The van der Waals surface area contributed by atoms with E-state index in [1.807, 2.05) is 34.8 Å². The van der Waals surface area contributed by atoms with Crippen molar-refractivity contribution in [2.45, 2.75) is 96.7 Å². The summed E-state index contributed by atoms with van der Waals surface area (Å²) in [4.78, 5) is 27.0. The molecule has 1 aliphatic heterocycles. The van der Waals surface area contributed by atoms with Gasteiger partial charge in [-0.25, -0.2) is 0 Å². The standard InChI is InChI=1S/C30H32OS2Si2.C25H22P.C16H20O2S2Si2.ClH.Li.H2O/c1-34(2,3)23-17-21-26-25(19-13-9-7-10-14-19)27(20-15-11-8-12-16-20)31-28(26)22-18-24(35(4,5)6)33-30(22)29(21)32-23;1-5-13-22(14-6-1)21-26(23-15-7-2-8-16-23,24-17-9-3-10-18-24)25-19-11-4-12-20-25;1-21(2,3)11-7-9-13(17)14(18)10-8-12(22(4,5)6)20-16(10)15(9)19-11;;;/h7-18,25,27H,1-6H3;1-20H,21H2;7-8H,1-6H3;1H;;1H2/q;+1;;;+1;/p-2. The average Bonchev–Trinajstić information content (AvgIpc) is 1.71. The molecule has 86 heavy (non-hydrogen) atoms. The number of ketones is 2. The molecule has 0 spiro atoms. The molecule has 7 aromatic carbocycles. The van der Waals surface area contributed by atoms with E-state index < -0.39 is 39.6 Å². The maximum absolute atomic E-state index is 12.5. The van der Waals surface area contributed by atoms with Gasteiger partial charge >= 0.3 is 18.9 Å². The fraction of sp³-hybridized carbons (Fsp3) is 0.211. The van der Waals surface area contributed by atoms with E-state index in [0.717, 1.165) is 21.7 Å². The molecule has 13 rings (SSSR count). The molecule has 4 nitrogen and oxygen atoms in total. The number of ether oxygens (including phenoxy) is 1. The third kappa shape index (κ3) is 13.4. The van der Waals surface area contributed by atoms with Crippen LogP contribution in [0.4, 0.5) is 0 Å². The van der Waals surface area contributed by atoms with Crippen LogP contribution in [0.5, 0.6) is 5.75 Å². The molecule has 0 fully saturated rings. The van der Waals surface area contributed by atoms with E-state index in [1.165, 1.54) is 67.3 Å². The molecule has 0 amide bonds. The van der Waals surface area contributed by atoms with Crippen LogP contribution in [-0.4, -0.2) is 49.3 Å². The largest absolute Gasteiger partial charge is 1.00 e. The Morgan fingerprint density at radius 1 is 0.419 bits per heavy atom. The van der Waals surface area contributed by atoms with Crippen LogP contribution >= 0.6 is 52.6 Å². The van der Waals surface area contributed by atoms with Crippen LogP contribution in [-0.2, 0) is 6.16 Å². The Bertz CT molecular complexity index is 3970. The van der Waals surface area contributed by atoms with Crippen LogP contribution in [0, 0.1) is 0 Å². The number of hydrogen-bond acceptors (Lipinski definition) is 8. The summed E-state index contributed by atoms with van der Waals surface area (Å²) >= 11 is 7.53. The summed E-state index contributed by atoms with van der Waals surface area (Å²) in [6.45, 7) is 28.4. The average molecular weight is 1310 g/mol. The second kappa shape index (κ2) is 26.7. The monoisotopic (exact) mass is 1300 g/mol. The van der Waals surface area contributed by atoms with E-state index >= 15 is 0 Å². The van der Waals surface area contributed by atoms with Crippen LogP contribution in [0.2, 0.25) is 78.6 Å². The minimum absolute atomic E-state index is 0. The Labute approximate surface area is 548 Å². The molecular formula is C71H75ClLiO4PS4Si4. The van der Waals surface area contributed by atoms with Gasteiger partial charge in [0.25, 0.3) is 0 Å². The first-order chi connectivity index (χ1) is 39.5. The van der Waals surface area contributed by atoms with Crippen molar-refractivity contribution in [1.82, 2.24) is 0 Å². The molecule has 2 aliphatic rings. The van der Waals surface area contributed by atoms with Gasteiger partial charge in [0.2, 0.25) is 11.6 Å². The summed E-state index contributed by atoms with van der Waals surface area (Å²) in [5, 5.41) is 7.05. The van der Waals surface area contributed by atoms with Crippen LogP contribution in [0.1, 0.15) is 55.0 Å². The number of hydrogen-bond donors (Lipinski definition) is 0. The number of carbonyl (C=O) groups excluding carboxylic acids is 2. The van der Waals surface area contributed by atoms with Crippen molar-refractivity contribution in [1.29, 1.82) is 0 Å². The van der Waals surface area contributed by atoms with E-state index in [0.29, 0.717) is 11.1 Å². The van der Waals surface area contributed by atoms with Gasteiger partial charge in [0.15, 0.2) is 0 Å². The molecule has 4 aromatic heterocycles. The predicted molar refractivity (Wildman–Crippen MR) is 381 cm³/mol. The predicted octanol–water partition coefficient (Wildman–Crippen LogP) is 11.4. The Morgan fingerprint density at radius 2 is 0.744 bits per heavy atom. The SMILES string of the molecule is C[Si](C)(C)c1cc2c(s1)-c1sc([Si](C)(C)C)cc1C(=O)C2=O.C[Si](C)(C)c1cc2c3c(c4cc([Si](C)(C)C)sc4c2s1)C(c1ccccc1)C(c1ccccc1)O3.[Cl-].[Li+].[OH-].c1ccc(C[P+](c2ccccc2)(c2ccccc2)c2ccccc2)cc1. The van der Waals surface area contributed by atoms with Crippen molar-refractivity contribution < 1.29 is 51.1 Å². The van der Waals surface area contributed by atoms with E-state index in [4.69, 9.17) is 4.74 Å². The Morgan fingerprint density at radius 3 is 1.13 bits per heavy atom. The summed E-state index contributed by atoms with van der Waals surface area (Å²) in [7, 11) is -7.65. The molecular weight excluding hydrogens is 1230 g/mol. The third-order valence-electron chi connectivity index (χ3n) is 15.8. The number of carbonyl (C=O) groups is 2. The van der Waals surface area contributed by atoms with Crippen molar-refractivity contribution in [2.75, 3.05) is 0 Å². The zero-order valence-corrected chi connectivity index (χ0v) is 60.5. The minimum atomic E-state index is -1.78. The molecule has 436 valence electrons. The maximum Gasteiger partial charge on any atom is 1.00 e. The Hall–Kier alpha value is -4.86. The smallest absolute Gasteiger partial charge is 1.00 e. The fourth-order valence-corrected chi connectivity index (χ4v) is 27.9. The van der Waals surface area contributed by atoms with E-state index in [2.05, 4.69) is 273 Å². The zero-order chi connectivity index (χ0) is 58.6. The van der Waals surface area contributed by atoms with Gasteiger partial charge in [0, 0.05) is 27.5 Å². The van der Waals surface area contributed by atoms with Crippen molar-refractivity contribution in [3.05, 3.63) is 240 Å². The molecule has 15 heteroatoms. The molecule has 1 N–H and O–H groups in total. The van der Waals surface area contributed by atoms with Gasteiger partial charge in [0.05, 0.1) is 63.5 Å². The summed E-state index contributed by atoms with van der Waals surface area (Å²) in [6.07, 6.45) is 1.01.